The van der Waals surface area contributed by atoms with Crippen LogP contribution >= 0.6 is 23.2 Å². The van der Waals surface area contributed by atoms with Crippen molar-refractivity contribution < 1.29 is 13.9 Å². The van der Waals surface area contributed by atoms with Gasteiger partial charge in [0.1, 0.15) is 11.3 Å². The third kappa shape index (κ3) is 4.38. The second-order valence-electron chi connectivity index (χ2n) is 7.39. The van der Waals surface area contributed by atoms with Crippen LogP contribution in [0.4, 0.5) is 5.69 Å². The SMILES string of the molecule is COc1ccc(-c2nc3cc(C(C)C)ccc3o2)cc1NC(=O)c1cc(Cl)ccc1Cl. The molecule has 1 amide bonds. The van der Waals surface area contributed by atoms with E-state index in [-0.39, 0.29) is 5.56 Å². The molecule has 31 heavy (non-hydrogen) atoms. The number of methoxy groups -OCH3 is 1. The molecule has 0 saturated carbocycles. The van der Waals surface area contributed by atoms with Crippen molar-refractivity contribution in [2.45, 2.75) is 19.8 Å². The molecule has 0 atom stereocenters. The van der Waals surface area contributed by atoms with Crippen LogP contribution in [-0.4, -0.2) is 18.0 Å². The summed E-state index contributed by atoms with van der Waals surface area (Å²) in [6.45, 7) is 4.26. The third-order valence-corrected chi connectivity index (χ3v) is 5.51. The summed E-state index contributed by atoms with van der Waals surface area (Å²) >= 11 is 12.2. The quantitative estimate of drug-likeness (QED) is 0.346. The van der Waals surface area contributed by atoms with Crippen LogP contribution in [0.5, 0.6) is 5.75 Å². The summed E-state index contributed by atoms with van der Waals surface area (Å²) < 4.78 is 11.3. The minimum atomic E-state index is -0.401. The molecule has 0 unspecified atom stereocenters. The molecule has 0 spiro atoms. The Morgan fingerprint density at radius 3 is 2.61 bits per heavy atom. The molecule has 4 aromatic rings. The van der Waals surface area contributed by atoms with Crippen LogP contribution < -0.4 is 10.1 Å². The highest BCUT2D eigenvalue weighted by atomic mass is 35.5. The molecule has 4 rings (SSSR count). The normalized spacial score (nSPS) is 11.2. The second kappa shape index (κ2) is 8.61. The van der Waals surface area contributed by atoms with Gasteiger partial charge in [-0.3, -0.25) is 4.79 Å². The van der Waals surface area contributed by atoms with E-state index in [9.17, 15) is 4.79 Å². The Morgan fingerprint density at radius 2 is 1.87 bits per heavy atom. The van der Waals surface area contributed by atoms with Gasteiger partial charge in [0, 0.05) is 10.6 Å². The first kappa shape index (κ1) is 21.2. The number of fused-ring (bicyclic) bond motifs is 1. The minimum Gasteiger partial charge on any atom is -0.495 e. The first-order valence-electron chi connectivity index (χ1n) is 9.71. The van der Waals surface area contributed by atoms with Crippen molar-refractivity contribution in [3.8, 4) is 17.2 Å². The van der Waals surface area contributed by atoms with Gasteiger partial charge in [0.05, 0.1) is 23.4 Å². The van der Waals surface area contributed by atoms with Crippen LogP contribution in [-0.2, 0) is 0 Å². The van der Waals surface area contributed by atoms with E-state index in [1.165, 1.54) is 18.7 Å². The highest BCUT2D eigenvalue weighted by Crippen LogP contribution is 2.33. The number of aromatic nitrogens is 1. The maximum absolute atomic E-state index is 12.8. The fourth-order valence-electron chi connectivity index (χ4n) is 3.23. The van der Waals surface area contributed by atoms with Gasteiger partial charge in [-0.25, -0.2) is 4.98 Å². The average Bonchev–Trinajstić information content (AvgIpc) is 3.18. The van der Waals surface area contributed by atoms with Gasteiger partial charge in [-0.05, 0) is 60.0 Å². The number of hydrogen-bond donors (Lipinski definition) is 1. The lowest BCUT2D eigenvalue weighted by Crippen LogP contribution is -2.13. The van der Waals surface area contributed by atoms with Gasteiger partial charge >= 0.3 is 0 Å². The van der Waals surface area contributed by atoms with Crippen molar-refractivity contribution in [1.82, 2.24) is 4.98 Å². The van der Waals surface area contributed by atoms with E-state index in [0.29, 0.717) is 44.4 Å². The zero-order valence-electron chi connectivity index (χ0n) is 17.2. The predicted octanol–water partition coefficient (Wildman–Crippen LogP) is 7.19. The number of benzene rings is 3. The Kier molecular flexibility index (Phi) is 5.90. The Balaban J connectivity index is 1.70. The van der Waals surface area contributed by atoms with Crippen molar-refractivity contribution in [2.24, 2.45) is 0 Å². The Bertz CT molecular complexity index is 1280. The maximum atomic E-state index is 12.8. The number of carbonyl (C=O) groups is 1. The first-order valence-corrected chi connectivity index (χ1v) is 10.5. The molecule has 5 nitrogen and oxygen atoms in total. The fourth-order valence-corrected chi connectivity index (χ4v) is 3.60. The molecule has 0 aliphatic heterocycles. The molecule has 0 saturated heterocycles. The van der Waals surface area contributed by atoms with E-state index in [4.69, 9.17) is 32.4 Å². The Morgan fingerprint density at radius 1 is 1.06 bits per heavy atom. The number of carbonyl (C=O) groups excluding carboxylic acids is 1. The van der Waals surface area contributed by atoms with E-state index >= 15 is 0 Å². The number of oxazole rings is 1. The molecule has 0 aliphatic rings. The van der Waals surface area contributed by atoms with Crippen molar-refractivity contribution >= 4 is 45.9 Å². The van der Waals surface area contributed by atoms with Crippen molar-refractivity contribution in [3.63, 3.8) is 0 Å². The number of anilines is 1. The number of halogens is 2. The number of hydrogen-bond acceptors (Lipinski definition) is 4. The number of nitrogens with zero attached hydrogens (tertiary/aromatic N) is 1. The monoisotopic (exact) mass is 454 g/mol. The topological polar surface area (TPSA) is 64.4 Å². The predicted molar refractivity (Wildman–Crippen MR) is 125 cm³/mol. The van der Waals surface area contributed by atoms with Crippen molar-refractivity contribution in [2.75, 3.05) is 12.4 Å². The lowest BCUT2D eigenvalue weighted by Gasteiger charge is -2.12. The Labute approximate surface area is 189 Å². The summed E-state index contributed by atoms with van der Waals surface area (Å²) in [4.78, 5) is 17.4. The van der Waals surface area contributed by atoms with Crippen LogP contribution in [0.25, 0.3) is 22.6 Å². The summed E-state index contributed by atoms with van der Waals surface area (Å²) in [7, 11) is 1.53. The smallest absolute Gasteiger partial charge is 0.257 e. The zero-order chi connectivity index (χ0) is 22.1. The molecule has 1 heterocycles. The molecular formula is C24H20Cl2N2O3. The van der Waals surface area contributed by atoms with E-state index in [1.54, 1.807) is 24.3 Å². The van der Waals surface area contributed by atoms with Gasteiger partial charge < -0.3 is 14.5 Å². The van der Waals surface area contributed by atoms with Crippen molar-refractivity contribution in [3.05, 3.63) is 75.8 Å². The summed E-state index contributed by atoms with van der Waals surface area (Å²) in [6, 6.07) is 16.0. The lowest BCUT2D eigenvalue weighted by molar-refractivity contribution is 0.102. The molecule has 0 radical (unpaired) electrons. The van der Waals surface area contributed by atoms with E-state index in [2.05, 4.69) is 24.1 Å². The van der Waals surface area contributed by atoms with Crippen LogP contribution in [0.15, 0.2) is 59.0 Å². The largest absolute Gasteiger partial charge is 0.495 e. The molecule has 0 bridgehead atoms. The number of ether oxygens (including phenoxy) is 1. The van der Waals surface area contributed by atoms with Crippen LogP contribution in [0.3, 0.4) is 0 Å². The van der Waals surface area contributed by atoms with E-state index in [0.717, 1.165) is 5.52 Å². The molecule has 0 fully saturated rings. The molecule has 1 aromatic heterocycles. The summed E-state index contributed by atoms with van der Waals surface area (Å²) in [6.07, 6.45) is 0. The molecule has 3 aromatic carbocycles. The van der Waals surface area contributed by atoms with E-state index in [1.807, 2.05) is 24.3 Å². The molecular weight excluding hydrogens is 435 g/mol. The minimum absolute atomic E-state index is 0.268. The number of amides is 1. The van der Waals surface area contributed by atoms with Crippen LogP contribution in [0, 0.1) is 0 Å². The zero-order valence-corrected chi connectivity index (χ0v) is 18.7. The Hall–Kier alpha value is -3.02. The van der Waals surface area contributed by atoms with Gasteiger partial charge in [0.2, 0.25) is 5.89 Å². The van der Waals surface area contributed by atoms with Gasteiger partial charge in [0.15, 0.2) is 5.58 Å². The summed E-state index contributed by atoms with van der Waals surface area (Å²) in [5.41, 5.74) is 4.11. The van der Waals surface area contributed by atoms with Crippen LogP contribution in [0.2, 0.25) is 10.0 Å². The molecule has 7 heteroatoms. The highest BCUT2D eigenvalue weighted by molar-refractivity contribution is 6.36. The van der Waals surface area contributed by atoms with Gasteiger partial charge in [0.25, 0.3) is 5.91 Å². The number of nitrogens with one attached hydrogen (secondary N) is 1. The summed E-state index contributed by atoms with van der Waals surface area (Å²) in [5, 5.41) is 3.56. The highest BCUT2D eigenvalue weighted by Gasteiger charge is 2.16. The molecule has 0 aliphatic carbocycles. The van der Waals surface area contributed by atoms with Crippen molar-refractivity contribution in [1.29, 1.82) is 0 Å². The van der Waals surface area contributed by atoms with Gasteiger partial charge in [-0.2, -0.15) is 0 Å². The van der Waals surface area contributed by atoms with E-state index < -0.39 is 5.91 Å². The van der Waals surface area contributed by atoms with Gasteiger partial charge in [-0.15, -0.1) is 0 Å². The average molecular weight is 455 g/mol. The molecule has 1 N–H and O–H groups in total. The number of rotatable bonds is 5. The first-order chi connectivity index (χ1) is 14.9. The maximum Gasteiger partial charge on any atom is 0.257 e. The summed E-state index contributed by atoms with van der Waals surface area (Å²) in [5.74, 6) is 0.941. The second-order valence-corrected chi connectivity index (χ2v) is 8.24. The standard InChI is InChI=1S/C24H20Cl2N2O3/c1-13(2)14-4-9-22-20(10-14)28-24(31-22)15-5-8-21(30-3)19(11-15)27-23(29)17-12-16(25)6-7-18(17)26/h4-13H,1-3H3,(H,27,29). The third-order valence-electron chi connectivity index (χ3n) is 4.95. The van der Waals surface area contributed by atoms with Crippen LogP contribution in [0.1, 0.15) is 35.7 Å². The lowest BCUT2D eigenvalue weighted by atomic mass is 10.0. The fraction of sp³-hybridized carbons (Fsp3) is 0.167. The van der Waals surface area contributed by atoms with Gasteiger partial charge in [-0.1, -0.05) is 43.1 Å². The molecule has 158 valence electrons.